The van der Waals surface area contributed by atoms with Crippen molar-refractivity contribution < 1.29 is 22.7 Å². The summed E-state index contributed by atoms with van der Waals surface area (Å²) in [6.07, 6.45) is 21.1. The molecule has 3 aromatic rings. The van der Waals surface area contributed by atoms with Crippen LogP contribution in [0.4, 0.5) is 0 Å². The van der Waals surface area contributed by atoms with E-state index in [1.165, 1.54) is 32.4 Å². The minimum absolute atomic E-state index is 0.617. The first kappa shape index (κ1) is 29.6. The van der Waals surface area contributed by atoms with Crippen molar-refractivity contribution in [1.82, 2.24) is 0 Å². The van der Waals surface area contributed by atoms with E-state index in [1.54, 1.807) is 0 Å². The van der Waals surface area contributed by atoms with Gasteiger partial charge in [-0.25, -0.2) is 0 Å². The molecule has 0 aliphatic carbocycles. The maximum absolute atomic E-state index is 5.87. The molecule has 0 bridgehead atoms. The van der Waals surface area contributed by atoms with Gasteiger partial charge in [-0.2, -0.15) is 0 Å². The van der Waals surface area contributed by atoms with Crippen LogP contribution in [0.3, 0.4) is 0 Å². The molecule has 0 amide bonds. The van der Waals surface area contributed by atoms with E-state index in [0.29, 0.717) is 13.2 Å². The van der Waals surface area contributed by atoms with Crippen molar-refractivity contribution in [2.24, 2.45) is 0 Å². The summed E-state index contributed by atoms with van der Waals surface area (Å²) in [5, 5.41) is 5.15. The van der Waals surface area contributed by atoms with Gasteiger partial charge >= 0.3 is 251 Å². The van der Waals surface area contributed by atoms with Crippen molar-refractivity contribution >= 4 is 23.2 Å². The van der Waals surface area contributed by atoms with Gasteiger partial charge in [-0.15, -0.1) is 0 Å². The molecule has 0 atom stereocenters. The van der Waals surface area contributed by atoms with Gasteiger partial charge < -0.3 is 0 Å². The average Bonchev–Trinajstić information content (AvgIpc) is 3.47. The molecule has 3 heteroatoms. The predicted molar refractivity (Wildman–Crippen MR) is 171 cm³/mol. The van der Waals surface area contributed by atoms with Gasteiger partial charge in [-0.3, -0.25) is 0 Å². The van der Waals surface area contributed by atoms with Gasteiger partial charge in [0.15, 0.2) is 0 Å². The van der Waals surface area contributed by atoms with Crippen LogP contribution < -0.4 is 15.9 Å². The monoisotopic (exact) mass is 718 g/mol. The Hall–Kier alpha value is -3.35. The van der Waals surface area contributed by atoms with Crippen molar-refractivity contribution in [3.05, 3.63) is 174 Å². The third-order valence-electron chi connectivity index (χ3n) is 6.75. The van der Waals surface area contributed by atoms with Crippen molar-refractivity contribution in [2.45, 2.75) is 13.8 Å². The zero-order valence-corrected chi connectivity index (χ0v) is 26.5. The van der Waals surface area contributed by atoms with Crippen LogP contribution in [-0.4, -0.2) is 13.2 Å². The summed E-state index contributed by atoms with van der Waals surface area (Å²) in [5.41, 5.74) is 3.63. The van der Waals surface area contributed by atoms with Crippen LogP contribution in [0.5, 0.6) is 0 Å². The summed E-state index contributed by atoms with van der Waals surface area (Å²) >= 11 is 1.81. The van der Waals surface area contributed by atoms with Gasteiger partial charge in [0.25, 0.3) is 0 Å². The Morgan fingerprint density at radius 3 is 1.62 bits per heavy atom. The van der Waals surface area contributed by atoms with Gasteiger partial charge in [-0.05, 0) is 0 Å². The molecule has 0 unspecified atom stereocenters. The molecule has 1 nitrogen and oxygen atoms in total. The molecular formula is C37H35OOsP+. The molecule has 0 saturated carbocycles. The first-order valence-electron chi connectivity index (χ1n) is 13.5. The molecule has 1 heterocycles. The maximum atomic E-state index is 5.87. The SMILES string of the molecule is CC=C1COCC1=CC(/C=C/C=C/C=C/C=C/C)=C([C]#[Os])[P+](c1ccccc1)(c1ccccc1)c1ccccc1. The Morgan fingerprint density at radius 2 is 1.15 bits per heavy atom. The van der Waals surface area contributed by atoms with Crippen LogP contribution in [0.25, 0.3) is 0 Å². The van der Waals surface area contributed by atoms with E-state index in [9.17, 15) is 0 Å². The van der Waals surface area contributed by atoms with Crippen LogP contribution in [0.15, 0.2) is 174 Å². The fourth-order valence-electron chi connectivity index (χ4n) is 4.86. The van der Waals surface area contributed by atoms with E-state index in [1.807, 2.05) is 49.2 Å². The number of rotatable bonds is 9. The van der Waals surface area contributed by atoms with E-state index in [4.69, 9.17) is 4.74 Å². The molecule has 1 saturated heterocycles. The van der Waals surface area contributed by atoms with E-state index in [-0.39, 0.29) is 0 Å². The average molecular weight is 717 g/mol. The third-order valence-corrected chi connectivity index (χ3v) is 12.1. The summed E-state index contributed by atoms with van der Waals surface area (Å²) in [6.45, 7) is 5.38. The van der Waals surface area contributed by atoms with Gasteiger partial charge in [0.2, 0.25) is 0 Å². The zero-order chi connectivity index (χ0) is 28.0. The number of ether oxygens (including phenoxy) is 1. The predicted octanol–water partition coefficient (Wildman–Crippen LogP) is 7.89. The molecule has 3 aromatic carbocycles. The number of hydrogen-bond donors (Lipinski definition) is 0. The molecule has 201 valence electrons. The zero-order valence-electron chi connectivity index (χ0n) is 23.1. The van der Waals surface area contributed by atoms with Gasteiger partial charge in [0.05, 0.1) is 0 Å². The quantitative estimate of drug-likeness (QED) is 0.162. The molecule has 1 aliphatic rings. The molecule has 0 N–H and O–H groups in total. The molecule has 40 heavy (non-hydrogen) atoms. The molecule has 0 aromatic heterocycles. The molecule has 0 radical (unpaired) electrons. The second-order valence-corrected chi connectivity index (χ2v) is 13.2. The topological polar surface area (TPSA) is 9.23 Å². The number of allylic oxidation sites excluding steroid dienone is 12. The van der Waals surface area contributed by atoms with Crippen LogP contribution in [-0.2, 0) is 22.7 Å². The number of benzene rings is 3. The molecule has 4 rings (SSSR count). The summed E-state index contributed by atoms with van der Waals surface area (Å²) < 4.78 is 9.64. The Labute approximate surface area is 250 Å². The standard InChI is InChI=1S/C37H35OP.Os/c1-4-6-7-8-9-10-14-21-33(28-34-30-38-29-32(34)5-2)31(3)39(35-22-15-11-16-23-35,36-24-17-12-18-25-36)37-26-19-13-20-27-37;/h4-28H,29-30H2,1-2H3;/q+1;/b6-4+,8-7+,10-9+,21-14+,32-5?,33-31?,34-28?;. The fraction of sp³-hybridized carbons (Fsp3) is 0.108. The molecule has 1 fully saturated rings. The van der Waals surface area contributed by atoms with Crippen LogP contribution in [0.2, 0.25) is 0 Å². The van der Waals surface area contributed by atoms with Crippen LogP contribution in [0.1, 0.15) is 13.8 Å². The summed E-state index contributed by atoms with van der Waals surface area (Å²) in [5.74, 6) is 0. The molecular weight excluding hydrogens is 682 g/mol. The Morgan fingerprint density at radius 1 is 0.675 bits per heavy atom. The van der Waals surface area contributed by atoms with Crippen molar-refractivity contribution in [3.63, 3.8) is 0 Å². The van der Waals surface area contributed by atoms with Crippen molar-refractivity contribution in [2.75, 3.05) is 13.2 Å². The summed E-state index contributed by atoms with van der Waals surface area (Å²) in [7, 11) is -2.30. The molecule has 0 spiro atoms. The second kappa shape index (κ2) is 15.4. The molecule has 1 aliphatic heterocycles. The van der Waals surface area contributed by atoms with Crippen molar-refractivity contribution in [3.8, 4) is 4.37 Å². The van der Waals surface area contributed by atoms with E-state index in [2.05, 4.69) is 139 Å². The van der Waals surface area contributed by atoms with Crippen LogP contribution in [0, 0.1) is 4.37 Å². The van der Waals surface area contributed by atoms with Gasteiger partial charge in [0, 0.05) is 0 Å². The van der Waals surface area contributed by atoms with Gasteiger partial charge in [-0.1, -0.05) is 0 Å². The summed E-state index contributed by atoms with van der Waals surface area (Å²) in [6, 6.07) is 32.9. The Bertz CT molecular complexity index is 1420. The van der Waals surface area contributed by atoms with Crippen molar-refractivity contribution in [1.29, 1.82) is 0 Å². The first-order valence-corrected chi connectivity index (χ1v) is 16.5. The van der Waals surface area contributed by atoms with E-state index < -0.39 is 7.26 Å². The fourth-order valence-corrected chi connectivity index (χ4v) is 10.7. The van der Waals surface area contributed by atoms with E-state index in [0.717, 1.165) is 5.57 Å². The summed E-state index contributed by atoms with van der Waals surface area (Å²) in [4.78, 5) is 0. The normalized spacial score (nSPS) is 17.1. The minimum atomic E-state index is -2.30. The van der Waals surface area contributed by atoms with Gasteiger partial charge in [0.1, 0.15) is 0 Å². The third kappa shape index (κ3) is 6.85. The van der Waals surface area contributed by atoms with E-state index >= 15 is 0 Å². The first-order chi connectivity index (χ1) is 19.7. The Kier molecular flexibility index (Phi) is 11.4. The second-order valence-electron chi connectivity index (χ2n) is 9.20. The Balaban J connectivity index is 2.07. The number of hydrogen-bond acceptors (Lipinski definition) is 1. The van der Waals surface area contributed by atoms with Crippen LogP contribution >= 0.6 is 7.26 Å².